The van der Waals surface area contributed by atoms with Crippen LogP contribution in [0.25, 0.3) is 22.1 Å². The number of nitrogens with one attached hydrogen (secondary N) is 4. The molecule has 107 heavy (non-hydrogen) atoms. The minimum Gasteiger partial charge on any atom is -0.478 e. The molecule has 4 atom stereocenters. The van der Waals surface area contributed by atoms with E-state index in [-0.39, 0.29) is 53.9 Å². The van der Waals surface area contributed by atoms with Gasteiger partial charge in [-0.1, -0.05) is 48.5 Å². The highest BCUT2D eigenvalue weighted by molar-refractivity contribution is 15.0. The Balaban J connectivity index is 0.000000183. The minimum atomic E-state index is -4.70. The standard InChI is InChI=1S/C33H36F4N6O.C28H35FN4.C7H7F3N2O2.C5H3F3N2O2.2ClH.I2/c1-21-39-28-7-2-3-8-29(28)43(21)26-18-24-9-10-25(19-26)42(24)16-13-32(22-5-4-6-23(34)17-22)11-14-41(15-12-32)31(44)27-20-38-40-30(27)33(35,36)37;1-20-31-26-7-2-3-8-27(26)33(20)25-18-23-9-10-24(19-25)32(23)16-13-28(11-14-30-15-12-28)21-5-4-6-22(29)17-21;1-2-14-6(13)4-3-11-12-5(4)7(8,9)10;6-5(7,8)3-2(4(11)12)1-9-10-3;;;1-2/h2-8,17,20,24-26H,9-16,18-19H2,1H3,(H,38,40);2-8,17,23-25,30H,9-16,18-19H2,1H3;3H,2H2,1H3,(H,11,12);1H,(H,9,10)(H,11,12);2*1H;. The molecule has 5 N–H and O–H groups in total. The molecule has 15 rings (SSSR count). The topological polar surface area (TPSA) is 224 Å². The number of carboxylic acid groups (broad SMARTS) is 1. The number of amides is 1. The van der Waals surface area contributed by atoms with Crippen LogP contribution in [0.3, 0.4) is 0 Å². The van der Waals surface area contributed by atoms with Gasteiger partial charge in [-0.3, -0.25) is 29.9 Å². The Labute approximate surface area is 645 Å². The summed E-state index contributed by atoms with van der Waals surface area (Å²) in [5.74, 6) is -1.58. The van der Waals surface area contributed by atoms with E-state index in [1.54, 1.807) is 34.5 Å². The van der Waals surface area contributed by atoms with Crippen molar-refractivity contribution in [2.75, 3.05) is 45.9 Å². The lowest BCUT2D eigenvalue weighted by Gasteiger charge is -2.45. The van der Waals surface area contributed by atoms with Gasteiger partial charge in [0, 0.05) is 86.6 Å². The molecule has 34 heteroatoms. The number of hydrogen-bond acceptors (Lipinski definition) is 12. The number of carboxylic acids is 1. The Kier molecular flexibility index (Phi) is 28.1. The van der Waals surface area contributed by atoms with Crippen molar-refractivity contribution in [2.45, 2.75) is 176 Å². The molecule has 0 radical (unpaired) electrons. The van der Waals surface area contributed by atoms with E-state index in [1.165, 1.54) is 60.2 Å². The summed E-state index contributed by atoms with van der Waals surface area (Å²) in [6.07, 6.45) is 3.00. The molecule has 4 unspecified atom stereocenters. The molecular weight excluding hydrogens is 1690 g/mol. The molecular formula is C73H83Cl2F11I2N14O5. The summed E-state index contributed by atoms with van der Waals surface area (Å²) in [4.78, 5) is 50.9. The fourth-order valence-electron chi connectivity index (χ4n) is 17.0. The zero-order chi connectivity index (χ0) is 75.2. The number of halogens is 15. The Bertz CT molecular complexity index is 4430. The number of fused-ring (bicyclic) bond motifs is 6. The predicted octanol–water partition coefficient (Wildman–Crippen LogP) is 17.4. The number of carbonyl (C=O) groups excluding carboxylic acids is 2. The Hall–Kier alpha value is -6.99. The number of carbonyl (C=O) groups is 3. The number of piperidine rings is 4. The number of H-pyrrole nitrogens is 3. The Morgan fingerprint density at radius 3 is 1.32 bits per heavy atom. The van der Waals surface area contributed by atoms with Gasteiger partial charge in [0.15, 0.2) is 17.1 Å². The van der Waals surface area contributed by atoms with Crippen molar-refractivity contribution in [3.8, 4) is 0 Å². The van der Waals surface area contributed by atoms with E-state index < -0.39 is 70.1 Å². The first-order valence-electron chi connectivity index (χ1n) is 34.9. The van der Waals surface area contributed by atoms with Crippen molar-refractivity contribution in [1.29, 1.82) is 0 Å². The summed E-state index contributed by atoms with van der Waals surface area (Å²) in [6.45, 7) is 10.4. The number of likely N-dealkylation sites (tertiary alicyclic amines) is 1. The van der Waals surface area contributed by atoms with E-state index in [1.807, 2.05) is 23.3 Å². The summed E-state index contributed by atoms with van der Waals surface area (Å²) >= 11 is 4.24. The molecule has 19 nitrogen and oxygen atoms in total. The van der Waals surface area contributed by atoms with Gasteiger partial charge in [0.2, 0.25) is 0 Å². The van der Waals surface area contributed by atoms with Crippen LogP contribution in [0.4, 0.5) is 48.3 Å². The van der Waals surface area contributed by atoms with Crippen molar-refractivity contribution < 1.29 is 72.5 Å². The lowest BCUT2D eigenvalue weighted by Crippen LogP contribution is -2.49. The van der Waals surface area contributed by atoms with Gasteiger partial charge in [0.25, 0.3) is 5.91 Å². The first-order valence-corrected chi connectivity index (χ1v) is 41.2. The summed E-state index contributed by atoms with van der Waals surface area (Å²) in [5, 5.41) is 26.6. The molecule has 4 bridgehead atoms. The highest BCUT2D eigenvalue weighted by Crippen LogP contribution is 2.48. The molecule has 6 aliphatic heterocycles. The van der Waals surface area contributed by atoms with Gasteiger partial charge in [-0.15, -0.1) is 24.8 Å². The first-order chi connectivity index (χ1) is 50.1. The summed E-state index contributed by atoms with van der Waals surface area (Å²) in [5.41, 5.74) is 0.858. The van der Waals surface area contributed by atoms with Crippen molar-refractivity contribution in [3.05, 3.63) is 184 Å². The smallest absolute Gasteiger partial charge is 0.433 e. The lowest BCUT2D eigenvalue weighted by molar-refractivity contribution is -0.142. The summed E-state index contributed by atoms with van der Waals surface area (Å²) in [7, 11) is 0. The minimum absolute atomic E-state index is 0. The van der Waals surface area contributed by atoms with E-state index in [9.17, 15) is 62.7 Å². The van der Waals surface area contributed by atoms with Gasteiger partial charge in [-0.25, -0.2) is 28.3 Å². The van der Waals surface area contributed by atoms with Crippen LogP contribution in [-0.4, -0.2) is 157 Å². The van der Waals surface area contributed by atoms with Gasteiger partial charge < -0.3 is 29.2 Å². The molecule has 6 saturated heterocycles. The van der Waals surface area contributed by atoms with Gasteiger partial charge >= 0.3 is 30.5 Å². The molecule has 9 aromatic rings. The third-order valence-electron chi connectivity index (χ3n) is 21.9. The second kappa shape index (κ2) is 35.8. The number of hydrogen-bond donors (Lipinski definition) is 5. The molecule has 5 aromatic heterocycles. The van der Waals surface area contributed by atoms with Crippen LogP contribution in [0.15, 0.2) is 116 Å². The van der Waals surface area contributed by atoms with E-state index in [2.05, 4.69) is 144 Å². The highest BCUT2D eigenvalue weighted by Gasteiger charge is 2.48. The maximum absolute atomic E-state index is 14.5. The van der Waals surface area contributed by atoms with Gasteiger partial charge in [0.1, 0.15) is 34.4 Å². The maximum Gasteiger partial charge on any atom is 0.433 e. The highest BCUT2D eigenvalue weighted by atomic mass is 128. The van der Waals surface area contributed by atoms with E-state index in [0.29, 0.717) is 68.4 Å². The van der Waals surface area contributed by atoms with Crippen LogP contribution < -0.4 is 5.32 Å². The molecule has 1 amide bonds. The fourth-order valence-corrected chi connectivity index (χ4v) is 17.0. The number of para-hydroxylation sites is 4. The molecule has 0 saturated carbocycles. The third-order valence-corrected chi connectivity index (χ3v) is 21.9. The zero-order valence-corrected chi connectivity index (χ0v) is 64.5. The van der Waals surface area contributed by atoms with Crippen LogP contribution in [0.5, 0.6) is 0 Å². The average molecular weight is 1770 g/mol. The molecule has 4 aromatic carbocycles. The number of benzene rings is 4. The monoisotopic (exact) mass is 1770 g/mol. The zero-order valence-electron chi connectivity index (χ0n) is 58.6. The number of nitrogens with zero attached hydrogens (tertiary/aromatic N) is 10. The number of aromatic amines is 3. The van der Waals surface area contributed by atoms with Gasteiger partial charge in [-0.2, -0.15) is 54.8 Å². The molecule has 0 spiro atoms. The van der Waals surface area contributed by atoms with Crippen molar-refractivity contribution in [2.24, 2.45) is 0 Å². The third kappa shape index (κ3) is 18.9. The average Bonchev–Trinajstić information content (AvgIpc) is 1.69. The largest absolute Gasteiger partial charge is 0.478 e. The molecule has 6 fully saturated rings. The van der Waals surface area contributed by atoms with Crippen molar-refractivity contribution >= 4 is 102 Å². The van der Waals surface area contributed by atoms with Crippen LogP contribution in [0.2, 0.25) is 0 Å². The number of aryl methyl sites for hydroxylation is 2. The van der Waals surface area contributed by atoms with Crippen molar-refractivity contribution in [3.63, 3.8) is 0 Å². The number of esters is 1. The second-order valence-corrected chi connectivity index (χ2v) is 27.7. The van der Waals surface area contributed by atoms with E-state index in [0.717, 1.165) is 118 Å². The lowest BCUT2D eigenvalue weighted by atomic mass is 9.70. The quantitative estimate of drug-likeness (QED) is 0.0389. The molecule has 0 aliphatic carbocycles. The van der Waals surface area contributed by atoms with Gasteiger partial charge in [-0.05, 0) is 207 Å². The first kappa shape index (κ1) is 84.0. The molecule has 11 heterocycles. The number of rotatable bonds is 14. The van der Waals surface area contributed by atoms with Crippen molar-refractivity contribution in [1.82, 2.24) is 69.7 Å². The number of aromatic carboxylic acids is 1. The van der Waals surface area contributed by atoms with Crippen LogP contribution >= 0.6 is 62.0 Å². The predicted molar refractivity (Wildman–Crippen MR) is 401 cm³/mol. The van der Waals surface area contributed by atoms with Crippen LogP contribution in [-0.2, 0) is 34.1 Å². The Morgan fingerprint density at radius 2 is 0.925 bits per heavy atom. The van der Waals surface area contributed by atoms with Gasteiger partial charge in [0.05, 0.1) is 52.8 Å². The number of ether oxygens (including phenoxy) is 1. The van der Waals surface area contributed by atoms with E-state index in [4.69, 9.17) is 15.1 Å². The second-order valence-electron chi connectivity index (χ2n) is 27.7. The molecule has 6 aliphatic rings. The van der Waals surface area contributed by atoms with Crippen LogP contribution in [0, 0.1) is 25.5 Å². The SMILES string of the molecule is CCOC(=O)c1cn[nH]c1C(F)(F)F.Cc1nc2ccccc2n1C1CC2CCC(C1)N2CCC1(c2cccc(F)c2)CCN(C(=O)c2cn[nH]c2C(F)(F)F)CC1.Cc1nc2ccccc2n1C1CC2CCC(C1)N2CCC1(c2cccc(F)c2)CCNCC1.Cl.Cl.II.O=C(O)c1cn[nH]c1C(F)(F)F. The number of alkyl halides is 9. The van der Waals surface area contributed by atoms with E-state index >= 15 is 0 Å². The molecule has 580 valence electrons. The maximum atomic E-state index is 14.5. The number of aromatic nitrogens is 10. The summed E-state index contributed by atoms with van der Waals surface area (Å²) < 4.78 is 151. The Morgan fingerprint density at radius 1 is 0.542 bits per heavy atom. The van der Waals surface area contributed by atoms with Crippen LogP contribution in [0.1, 0.15) is 180 Å². The fraction of sp³-hybridized carbons (Fsp3) is 0.479. The number of imidazole rings is 2. The summed E-state index contributed by atoms with van der Waals surface area (Å²) in [6, 6.07) is 34.1. The normalized spacial score (nSPS) is 21.1.